The van der Waals surface area contributed by atoms with Crippen molar-refractivity contribution in [3.8, 4) is 5.75 Å². The normalized spacial score (nSPS) is 11.1. The van der Waals surface area contributed by atoms with E-state index in [1.807, 2.05) is 0 Å². The van der Waals surface area contributed by atoms with Crippen LogP contribution in [-0.2, 0) is 21.4 Å². The van der Waals surface area contributed by atoms with E-state index < -0.39 is 22.5 Å². The van der Waals surface area contributed by atoms with E-state index in [0.29, 0.717) is 22.2 Å². The Labute approximate surface area is 173 Å². The maximum absolute atomic E-state index is 13.2. The number of anilines is 1. The first kappa shape index (κ1) is 20.8. The first-order chi connectivity index (χ1) is 13.9. The third-order valence-corrected chi connectivity index (χ3v) is 6.13. The number of nitrogens with one attached hydrogen (secondary N) is 1. The summed E-state index contributed by atoms with van der Waals surface area (Å²) in [6.07, 6.45) is 1.50. The molecule has 0 aliphatic carbocycles. The number of carbonyl (C=O) groups excluding carboxylic acids is 1. The van der Waals surface area contributed by atoms with Crippen LogP contribution in [0.4, 0.5) is 5.69 Å². The number of rotatable bonds is 8. The highest BCUT2D eigenvalue weighted by molar-refractivity contribution is 7.92. The summed E-state index contributed by atoms with van der Waals surface area (Å²) in [5, 5.41) is 3.07. The smallest absolute Gasteiger partial charge is 0.264 e. The zero-order valence-electron chi connectivity index (χ0n) is 15.5. The Hall–Kier alpha value is -2.97. The van der Waals surface area contributed by atoms with Crippen molar-refractivity contribution in [2.45, 2.75) is 11.4 Å². The fourth-order valence-electron chi connectivity index (χ4n) is 2.58. The molecule has 1 N–H and O–H groups in total. The average molecular weight is 435 g/mol. The predicted molar refractivity (Wildman–Crippen MR) is 110 cm³/mol. The fourth-order valence-corrected chi connectivity index (χ4v) is 4.13. The lowest BCUT2D eigenvalue weighted by Crippen LogP contribution is -2.40. The highest BCUT2D eigenvalue weighted by Crippen LogP contribution is 2.26. The molecule has 2 aromatic carbocycles. The molecule has 3 aromatic rings. The van der Waals surface area contributed by atoms with Crippen LogP contribution in [-0.4, -0.2) is 28.0 Å². The molecule has 1 aromatic heterocycles. The van der Waals surface area contributed by atoms with Crippen molar-refractivity contribution in [3.63, 3.8) is 0 Å². The van der Waals surface area contributed by atoms with Crippen molar-refractivity contribution >= 4 is 33.2 Å². The maximum Gasteiger partial charge on any atom is 0.264 e. The molecule has 0 saturated carbocycles. The Morgan fingerprint density at radius 2 is 1.79 bits per heavy atom. The van der Waals surface area contributed by atoms with Crippen molar-refractivity contribution in [2.75, 3.05) is 18.0 Å². The van der Waals surface area contributed by atoms with E-state index in [4.69, 9.17) is 20.8 Å². The largest absolute Gasteiger partial charge is 0.497 e. The number of carbonyl (C=O) groups is 1. The first-order valence-corrected chi connectivity index (χ1v) is 10.4. The molecule has 0 atom stereocenters. The van der Waals surface area contributed by atoms with Gasteiger partial charge in [0.1, 0.15) is 18.1 Å². The number of amides is 1. The lowest BCUT2D eigenvalue weighted by Gasteiger charge is -2.24. The predicted octanol–water partition coefficient (Wildman–Crippen LogP) is 3.45. The Balaban J connectivity index is 1.88. The Bertz CT molecular complexity index is 1050. The van der Waals surface area contributed by atoms with E-state index in [1.54, 1.807) is 36.4 Å². The zero-order valence-corrected chi connectivity index (χ0v) is 17.1. The van der Waals surface area contributed by atoms with Crippen LogP contribution >= 0.6 is 11.6 Å². The van der Waals surface area contributed by atoms with Crippen LogP contribution in [0.3, 0.4) is 0 Å². The Kier molecular flexibility index (Phi) is 6.46. The number of furan rings is 1. The molecule has 29 heavy (non-hydrogen) atoms. The van der Waals surface area contributed by atoms with E-state index in [0.717, 1.165) is 4.31 Å². The summed E-state index contributed by atoms with van der Waals surface area (Å²) in [6.45, 7) is -0.249. The monoisotopic (exact) mass is 434 g/mol. The van der Waals surface area contributed by atoms with Gasteiger partial charge in [0, 0.05) is 5.02 Å². The van der Waals surface area contributed by atoms with Crippen molar-refractivity contribution in [2.24, 2.45) is 0 Å². The minimum atomic E-state index is -4.01. The first-order valence-electron chi connectivity index (χ1n) is 8.61. The van der Waals surface area contributed by atoms with Crippen LogP contribution in [0.15, 0.2) is 76.2 Å². The van der Waals surface area contributed by atoms with E-state index in [9.17, 15) is 13.2 Å². The van der Waals surface area contributed by atoms with Crippen molar-refractivity contribution in [1.29, 1.82) is 0 Å². The summed E-state index contributed by atoms with van der Waals surface area (Å²) in [5.41, 5.74) is 0.328. The number of benzene rings is 2. The molecule has 0 spiro atoms. The molecule has 152 valence electrons. The molecule has 1 heterocycles. The van der Waals surface area contributed by atoms with Gasteiger partial charge in [0.2, 0.25) is 5.91 Å². The highest BCUT2D eigenvalue weighted by atomic mass is 35.5. The third-order valence-electron chi connectivity index (χ3n) is 4.09. The molecule has 7 nitrogen and oxygen atoms in total. The SMILES string of the molecule is COc1ccc(N(CC(=O)NCc2ccco2)S(=O)(=O)c2ccc(Cl)cc2)cc1. The van der Waals surface area contributed by atoms with Gasteiger partial charge in [0.15, 0.2) is 0 Å². The molecule has 0 unspecified atom stereocenters. The molecule has 0 saturated heterocycles. The molecule has 0 bridgehead atoms. The van der Waals surface area contributed by atoms with Gasteiger partial charge >= 0.3 is 0 Å². The molecule has 0 fully saturated rings. The fraction of sp³-hybridized carbons (Fsp3) is 0.150. The van der Waals surface area contributed by atoms with Crippen molar-refractivity contribution in [3.05, 3.63) is 77.7 Å². The molecular formula is C20H19ClN2O5S. The molecule has 9 heteroatoms. The topological polar surface area (TPSA) is 88.8 Å². The Morgan fingerprint density at radius 3 is 2.38 bits per heavy atom. The zero-order chi connectivity index (χ0) is 20.9. The van der Waals surface area contributed by atoms with Crippen LogP contribution in [0.5, 0.6) is 5.75 Å². The van der Waals surface area contributed by atoms with Crippen molar-refractivity contribution in [1.82, 2.24) is 5.32 Å². The summed E-state index contributed by atoms with van der Waals surface area (Å²) in [7, 11) is -2.49. The van der Waals surface area contributed by atoms with Gasteiger partial charge in [0.25, 0.3) is 10.0 Å². The minimum absolute atomic E-state index is 0.0246. The van der Waals surface area contributed by atoms with Gasteiger partial charge in [-0.2, -0.15) is 0 Å². The number of hydrogen-bond acceptors (Lipinski definition) is 5. The van der Waals surface area contributed by atoms with Crippen LogP contribution < -0.4 is 14.4 Å². The van der Waals surface area contributed by atoms with Gasteiger partial charge in [-0.1, -0.05) is 11.6 Å². The second-order valence-electron chi connectivity index (χ2n) is 6.02. The van der Waals surface area contributed by atoms with E-state index in [1.165, 1.54) is 37.6 Å². The summed E-state index contributed by atoms with van der Waals surface area (Å²) in [5.74, 6) is 0.657. The van der Waals surface area contributed by atoms with E-state index >= 15 is 0 Å². The molecule has 0 radical (unpaired) electrons. The van der Waals surface area contributed by atoms with Gasteiger partial charge < -0.3 is 14.5 Å². The third kappa shape index (κ3) is 5.10. The lowest BCUT2D eigenvalue weighted by atomic mass is 10.3. The molecular weight excluding hydrogens is 416 g/mol. The standard InChI is InChI=1S/C20H19ClN2O5S/c1-27-17-8-6-16(7-9-17)23(14-20(24)22-13-18-3-2-12-28-18)29(25,26)19-10-4-15(21)5-11-19/h2-12H,13-14H2,1H3,(H,22,24). The highest BCUT2D eigenvalue weighted by Gasteiger charge is 2.27. The van der Waals surface area contributed by atoms with Crippen molar-refractivity contribution < 1.29 is 22.4 Å². The molecule has 0 aliphatic rings. The Morgan fingerprint density at radius 1 is 1.10 bits per heavy atom. The number of sulfonamides is 1. The van der Waals surface area contributed by atoms with Gasteiger partial charge in [-0.05, 0) is 60.7 Å². The number of nitrogens with zero attached hydrogens (tertiary/aromatic N) is 1. The summed E-state index contributed by atoms with van der Waals surface area (Å²) in [6, 6.07) is 15.6. The van der Waals surface area contributed by atoms with Gasteiger partial charge in [-0.25, -0.2) is 8.42 Å². The number of hydrogen-bond donors (Lipinski definition) is 1. The molecule has 0 aliphatic heterocycles. The van der Waals surface area contributed by atoms with Gasteiger partial charge in [0.05, 0.1) is 30.5 Å². The molecule has 1 amide bonds. The summed E-state index contributed by atoms with van der Waals surface area (Å²) < 4.78 is 37.8. The van der Waals surface area contributed by atoms with E-state index in [-0.39, 0.29) is 11.4 Å². The van der Waals surface area contributed by atoms with E-state index in [2.05, 4.69) is 5.32 Å². The maximum atomic E-state index is 13.2. The van der Waals surface area contributed by atoms with Crippen LogP contribution in [0.2, 0.25) is 5.02 Å². The van der Waals surface area contributed by atoms with Gasteiger partial charge in [-0.15, -0.1) is 0 Å². The minimum Gasteiger partial charge on any atom is -0.497 e. The van der Waals surface area contributed by atoms with Crippen LogP contribution in [0.1, 0.15) is 5.76 Å². The van der Waals surface area contributed by atoms with Gasteiger partial charge in [-0.3, -0.25) is 9.10 Å². The van der Waals surface area contributed by atoms with Crippen LogP contribution in [0.25, 0.3) is 0 Å². The number of ether oxygens (including phenoxy) is 1. The summed E-state index contributed by atoms with van der Waals surface area (Å²) in [4.78, 5) is 12.5. The van der Waals surface area contributed by atoms with Crippen LogP contribution in [0, 0.1) is 0 Å². The lowest BCUT2D eigenvalue weighted by molar-refractivity contribution is -0.119. The molecule has 3 rings (SSSR count). The second kappa shape index (κ2) is 9.02. The second-order valence-corrected chi connectivity index (χ2v) is 8.32. The number of methoxy groups -OCH3 is 1. The number of halogens is 1. The average Bonchev–Trinajstić information content (AvgIpc) is 3.24. The summed E-state index contributed by atoms with van der Waals surface area (Å²) >= 11 is 5.87. The quantitative estimate of drug-likeness (QED) is 0.586.